The van der Waals surface area contributed by atoms with Crippen LogP contribution in [-0.2, 0) is 6.54 Å². The lowest BCUT2D eigenvalue weighted by atomic mass is 10.1. The highest BCUT2D eigenvalue weighted by atomic mass is 32.1. The normalized spacial score (nSPS) is 10.9. The van der Waals surface area contributed by atoms with Gasteiger partial charge in [-0.05, 0) is 67.4 Å². The van der Waals surface area contributed by atoms with Crippen molar-refractivity contribution < 1.29 is 9.53 Å². The summed E-state index contributed by atoms with van der Waals surface area (Å²) in [6.07, 6.45) is 1.73. The van der Waals surface area contributed by atoms with Crippen molar-refractivity contribution in [1.82, 2.24) is 9.97 Å². The molecule has 0 bridgehead atoms. The second kappa shape index (κ2) is 9.45. The maximum Gasteiger partial charge on any atom is 0.264 e. The third-order valence-electron chi connectivity index (χ3n) is 5.42. The van der Waals surface area contributed by atoms with Crippen LogP contribution in [0.5, 0.6) is 11.5 Å². The minimum absolute atomic E-state index is 0.189. The van der Waals surface area contributed by atoms with Gasteiger partial charge in [0.15, 0.2) is 5.13 Å². The molecule has 1 amide bonds. The van der Waals surface area contributed by atoms with E-state index in [2.05, 4.69) is 31.0 Å². The minimum atomic E-state index is -0.189. The van der Waals surface area contributed by atoms with E-state index in [0.717, 1.165) is 27.0 Å². The highest BCUT2D eigenvalue weighted by Crippen LogP contribution is 2.35. The number of benzene rings is 3. The zero-order chi connectivity index (χ0) is 23.5. The summed E-state index contributed by atoms with van der Waals surface area (Å²) in [5.41, 5.74) is 4.44. The number of hydrogen-bond donors (Lipinski definition) is 0. The smallest absolute Gasteiger partial charge is 0.264 e. The van der Waals surface area contributed by atoms with Crippen LogP contribution in [0.2, 0.25) is 0 Å². The summed E-state index contributed by atoms with van der Waals surface area (Å²) in [4.78, 5) is 25.0. The molecule has 2 aromatic heterocycles. The van der Waals surface area contributed by atoms with Crippen molar-refractivity contribution >= 4 is 32.6 Å². The zero-order valence-electron chi connectivity index (χ0n) is 18.9. The number of pyridine rings is 1. The first-order valence-corrected chi connectivity index (χ1v) is 11.8. The molecule has 5 rings (SSSR count). The number of carbonyl (C=O) groups is 1. The van der Waals surface area contributed by atoms with Crippen molar-refractivity contribution in [2.75, 3.05) is 4.90 Å². The van der Waals surface area contributed by atoms with Gasteiger partial charge in [0.05, 0.1) is 28.0 Å². The van der Waals surface area contributed by atoms with Crippen LogP contribution < -0.4 is 9.64 Å². The van der Waals surface area contributed by atoms with Crippen molar-refractivity contribution in [1.29, 1.82) is 0 Å². The molecule has 0 aliphatic rings. The molecule has 0 atom stereocenters. The lowest BCUT2D eigenvalue weighted by Gasteiger charge is -2.21. The Hall–Kier alpha value is -4.03. The molecule has 6 heteroatoms. The van der Waals surface area contributed by atoms with Gasteiger partial charge >= 0.3 is 0 Å². The van der Waals surface area contributed by atoms with Crippen LogP contribution in [0, 0.1) is 13.8 Å². The molecule has 0 fully saturated rings. The molecule has 0 saturated carbocycles. The number of aryl methyl sites for hydroxylation is 2. The van der Waals surface area contributed by atoms with Gasteiger partial charge in [-0.25, -0.2) is 4.98 Å². The predicted octanol–water partition coefficient (Wildman–Crippen LogP) is 6.95. The Morgan fingerprint density at radius 1 is 0.941 bits per heavy atom. The van der Waals surface area contributed by atoms with Crippen molar-refractivity contribution in [3.8, 4) is 11.5 Å². The van der Waals surface area contributed by atoms with Crippen LogP contribution in [-0.4, -0.2) is 15.9 Å². The number of aromatic nitrogens is 2. The van der Waals surface area contributed by atoms with E-state index < -0.39 is 0 Å². The molecule has 5 nitrogen and oxygen atoms in total. The molecule has 2 heterocycles. The van der Waals surface area contributed by atoms with E-state index in [0.29, 0.717) is 28.7 Å². The second-order valence-corrected chi connectivity index (χ2v) is 9.03. The first-order chi connectivity index (χ1) is 16.6. The van der Waals surface area contributed by atoms with Crippen molar-refractivity contribution in [3.05, 3.63) is 114 Å². The molecule has 0 aliphatic heterocycles. The summed E-state index contributed by atoms with van der Waals surface area (Å²) in [5.74, 6) is 0.980. The molecule has 0 N–H and O–H groups in total. The number of nitrogens with zero attached hydrogens (tertiary/aromatic N) is 3. The fourth-order valence-electron chi connectivity index (χ4n) is 3.85. The number of anilines is 1. The lowest BCUT2D eigenvalue weighted by Crippen LogP contribution is -2.31. The Bertz CT molecular complexity index is 1450. The molecule has 168 valence electrons. The molecule has 0 saturated heterocycles. The summed E-state index contributed by atoms with van der Waals surface area (Å²) in [6, 6.07) is 26.7. The predicted molar refractivity (Wildman–Crippen MR) is 137 cm³/mol. The summed E-state index contributed by atoms with van der Waals surface area (Å²) < 4.78 is 7.16. The molecule has 34 heavy (non-hydrogen) atoms. The molecular formula is C28H23N3O2S. The topological polar surface area (TPSA) is 55.3 Å². The van der Waals surface area contributed by atoms with Crippen molar-refractivity contribution in [2.45, 2.75) is 20.4 Å². The fraction of sp³-hybridized carbons (Fsp3) is 0.107. The highest BCUT2D eigenvalue weighted by Gasteiger charge is 2.25. The Labute approximate surface area is 202 Å². The SMILES string of the molecule is Cc1cc(C)c2sc(N(Cc3ccccn3)C(=O)c3ccccc3Oc3ccccc3)nc2c1. The summed E-state index contributed by atoms with van der Waals surface area (Å²) in [7, 11) is 0. The van der Waals surface area contributed by atoms with Crippen LogP contribution in [0.3, 0.4) is 0 Å². The number of amides is 1. The molecule has 0 aliphatic carbocycles. The third-order valence-corrected chi connectivity index (χ3v) is 6.65. The third kappa shape index (κ3) is 4.54. The number of thiazole rings is 1. The van der Waals surface area contributed by atoms with Gasteiger partial charge in [0.2, 0.25) is 0 Å². The lowest BCUT2D eigenvalue weighted by molar-refractivity contribution is 0.0982. The average molecular weight is 466 g/mol. The standard InChI is InChI=1S/C28H23N3O2S/c1-19-16-20(2)26-24(17-19)30-28(34-26)31(18-21-10-8-9-15-29-21)27(32)23-13-6-7-14-25(23)33-22-11-4-3-5-12-22/h3-17H,18H2,1-2H3. The van der Waals surface area contributed by atoms with Crippen LogP contribution in [0.1, 0.15) is 27.2 Å². The van der Waals surface area contributed by atoms with Gasteiger partial charge < -0.3 is 4.74 Å². The van der Waals surface area contributed by atoms with Crippen LogP contribution in [0.4, 0.5) is 5.13 Å². The molecule has 0 spiro atoms. The number of para-hydroxylation sites is 2. The molecular weight excluding hydrogens is 442 g/mol. The zero-order valence-corrected chi connectivity index (χ0v) is 19.8. The van der Waals surface area contributed by atoms with E-state index in [4.69, 9.17) is 9.72 Å². The number of rotatable bonds is 6. The van der Waals surface area contributed by atoms with Crippen molar-refractivity contribution in [2.24, 2.45) is 0 Å². The number of carbonyl (C=O) groups excluding carboxylic acids is 1. The molecule has 0 radical (unpaired) electrons. The first kappa shape index (κ1) is 21.8. The van der Waals surface area contributed by atoms with Crippen LogP contribution in [0.25, 0.3) is 10.2 Å². The summed E-state index contributed by atoms with van der Waals surface area (Å²) >= 11 is 1.52. The Kier molecular flexibility index (Phi) is 6.06. The highest BCUT2D eigenvalue weighted by molar-refractivity contribution is 7.22. The Balaban J connectivity index is 1.58. The second-order valence-electron chi connectivity index (χ2n) is 8.05. The van der Waals surface area contributed by atoms with Gasteiger partial charge in [-0.1, -0.05) is 53.8 Å². The maximum atomic E-state index is 14.0. The van der Waals surface area contributed by atoms with Gasteiger partial charge in [-0.2, -0.15) is 0 Å². The average Bonchev–Trinajstić information content (AvgIpc) is 3.28. The quantitative estimate of drug-likeness (QED) is 0.272. The summed E-state index contributed by atoms with van der Waals surface area (Å²) in [5, 5.41) is 0.633. The van der Waals surface area contributed by atoms with E-state index in [9.17, 15) is 4.79 Å². The maximum absolute atomic E-state index is 14.0. The minimum Gasteiger partial charge on any atom is -0.457 e. The molecule has 5 aromatic rings. The fourth-order valence-corrected chi connectivity index (χ4v) is 4.87. The van der Waals surface area contributed by atoms with Gasteiger partial charge in [-0.15, -0.1) is 0 Å². The molecule has 0 unspecified atom stereocenters. The van der Waals surface area contributed by atoms with Gasteiger partial charge in [0.1, 0.15) is 11.5 Å². The van der Waals surface area contributed by atoms with E-state index in [1.165, 1.54) is 11.3 Å². The first-order valence-electron chi connectivity index (χ1n) is 11.0. The number of ether oxygens (including phenoxy) is 1. The number of fused-ring (bicyclic) bond motifs is 1. The largest absolute Gasteiger partial charge is 0.457 e. The van der Waals surface area contributed by atoms with E-state index in [-0.39, 0.29) is 5.91 Å². The van der Waals surface area contributed by atoms with E-state index in [1.54, 1.807) is 17.2 Å². The van der Waals surface area contributed by atoms with Crippen LogP contribution in [0.15, 0.2) is 91.1 Å². The van der Waals surface area contributed by atoms with E-state index in [1.807, 2.05) is 66.7 Å². The number of hydrogen-bond acceptors (Lipinski definition) is 5. The molecule has 3 aromatic carbocycles. The monoisotopic (exact) mass is 465 g/mol. The Morgan fingerprint density at radius 2 is 1.71 bits per heavy atom. The van der Waals surface area contributed by atoms with Gasteiger partial charge in [0.25, 0.3) is 5.91 Å². The Morgan fingerprint density at radius 3 is 2.50 bits per heavy atom. The van der Waals surface area contributed by atoms with Crippen molar-refractivity contribution in [3.63, 3.8) is 0 Å². The van der Waals surface area contributed by atoms with Crippen LogP contribution >= 0.6 is 11.3 Å². The van der Waals surface area contributed by atoms with E-state index >= 15 is 0 Å². The summed E-state index contributed by atoms with van der Waals surface area (Å²) in [6.45, 7) is 4.43. The van der Waals surface area contributed by atoms with Gasteiger partial charge in [-0.3, -0.25) is 14.7 Å². The van der Waals surface area contributed by atoms with Gasteiger partial charge in [0, 0.05) is 6.20 Å².